The predicted molar refractivity (Wildman–Crippen MR) is 68.2 cm³/mol. The predicted octanol–water partition coefficient (Wildman–Crippen LogP) is 1.94. The van der Waals surface area contributed by atoms with Gasteiger partial charge in [-0.3, -0.25) is 15.0 Å². The maximum Gasteiger partial charge on any atom is 0.269 e. The second-order valence-corrected chi connectivity index (χ2v) is 4.70. The third-order valence-electron chi connectivity index (χ3n) is 3.51. The van der Waals surface area contributed by atoms with E-state index in [1.54, 1.807) is 12.1 Å². The summed E-state index contributed by atoms with van der Waals surface area (Å²) in [6.45, 7) is 1.58. The van der Waals surface area contributed by atoms with E-state index in [1.807, 2.05) is 0 Å². The van der Waals surface area contributed by atoms with Crippen molar-refractivity contribution in [2.75, 3.05) is 13.2 Å². The Bertz CT molecular complexity index is 401. The quantitative estimate of drug-likeness (QED) is 0.619. The molecule has 18 heavy (non-hydrogen) atoms. The van der Waals surface area contributed by atoms with Crippen molar-refractivity contribution < 1.29 is 10.0 Å². The van der Waals surface area contributed by atoms with E-state index in [4.69, 9.17) is 5.11 Å². The molecule has 1 aliphatic rings. The fraction of sp³-hybridized carbons (Fsp3) is 0.538. The first-order valence-electron chi connectivity index (χ1n) is 6.29. The Kier molecular flexibility index (Phi) is 4.28. The molecule has 1 aromatic carbocycles. The number of rotatable bonds is 6. The zero-order chi connectivity index (χ0) is 13.0. The van der Waals surface area contributed by atoms with Crippen LogP contribution in [-0.2, 0) is 6.54 Å². The summed E-state index contributed by atoms with van der Waals surface area (Å²) in [4.78, 5) is 12.4. The maximum atomic E-state index is 10.6. The molecule has 0 atom stereocenters. The standard InChI is InChI=1S/C13H18N2O3/c16-9-8-14(12-2-1-3-12)10-11-4-6-13(7-5-11)15(17)18/h4-7,12,16H,1-3,8-10H2. The monoisotopic (exact) mass is 250 g/mol. The summed E-state index contributed by atoms with van der Waals surface area (Å²) < 4.78 is 0. The van der Waals surface area contributed by atoms with Gasteiger partial charge in [0.15, 0.2) is 0 Å². The fourth-order valence-electron chi connectivity index (χ4n) is 2.23. The molecular formula is C13H18N2O3. The molecule has 0 unspecified atom stereocenters. The molecule has 1 aliphatic carbocycles. The second-order valence-electron chi connectivity index (χ2n) is 4.70. The number of benzene rings is 1. The molecule has 0 aliphatic heterocycles. The number of nitrogens with zero attached hydrogens (tertiary/aromatic N) is 2. The molecule has 1 saturated carbocycles. The largest absolute Gasteiger partial charge is 0.395 e. The maximum absolute atomic E-state index is 10.6. The molecule has 0 aromatic heterocycles. The molecule has 0 bridgehead atoms. The van der Waals surface area contributed by atoms with E-state index in [0.29, 0.717) is 12.6 Å². The minimum Gasteiger partial charge on any atom is -0.395 e. The molecule has 5 heteroatoms. The van der Waals surface area contributed by atoms with E-state index < -0.39 is 0 Å². The first kappa shape index (κ1) is 13.0. The molecule has 1 fully saturated rings. The van der Waals surface area contributed by atoms with Crippen LogP contribution in [0.25, 0.3) is 0 Å². The highest BCUT2D eigenvalue weighted by Crippen LogP contribution is 2.26. The van der Waals surface area contributed by atoms with Gasteiger partial charge in [0, 0.05) is 31.3 Å². The zero-order valence-electron chi connectivity index (χ0n) is 10.3. The Hall–Kier alpha value is -1.46. The lowest BCUT2D eigenvalue weighted by Crippen LogP contribution is -2.41. The highest BCUT2D eigenvalue weighted by Gasteiger charge is 2.24. The van der Waals surface area contributed by atoms with Crippen molar-refractivity contribution in [3.8, 4) is 0 Å². The van der Waals surface area contributed by atoms with Crippen molar-refractivity contribution in [3.63, 3.8) is 0 Å². The van der Waals surface area contributed by atoms with Crippen LogP contribution in [0.5, 0.6) is 0 Å². The summed E-state index contributed by atoms with van der Waals surface area (Å²) in [5, 5.41) is 19.6. The molecule has 0 amide bonds. The molecule has 0 spiro atoms. The van der Waals surface area contributed by atoms with E-state index >= 15 is 0 Å². The third-order valence-corrected chi connectivity index (χ3v) is 3.51. The number of nitro groups is 1. The van der Waals surface area contributed by atoms with Gasteiger partial charge in [-0.25, -0.2) is 0 Å². The van der Waals surface area contributed by atoms with Crippen molar-refractivity contribution >= 4 is 5.69 Å². The number of nitro benzene ring substituents is 1. The summed E-state index contributed by atoms with van der Waals surface area (Å²) in [6, 6.07) is 7.22. The lowest BCUT2D eigenvalue weighted by Gasteiger charge is -2.37. The number of aliphatic hydroxyl groups is 1. The van der Waals surface area contributed by atoms with Crippen LogP contribution in [0.15, 0.2) is 24.3 Å². The van der Waals surface area contributed by atoms with Crippen molar-refractivity contribution in [2.45, 2.75) is 31.8 Å². The van der Waals surface area contributed by atoms with E-state index in [2.05, 4.69) is 4.90 Å². The zero-order valence-corrected chi connectivity index (χ0v) is 10.3. The van der Waals surface area contributed by atoms with Crippen LogP contribution in [0.3, 0.4) is 0 Å². The number of hydrogen-bond acceptors (Lipinski definition) is 4. The van der Waals surface area contributed by atoms with E-state index in [-0.39, 0.29) is 17.2 Å². The molecule has 0 radical (unpaired) electrons. The molecule has 98 valence electrons. The first-order valence-corrected chi connectivity index (χ1v) is 6.29. The van der Waals surface area contributed by atoms with Gasteiger partial charge in [0.25, 0.3) is 5.69 Å². The molecule has 0 saturated heterocycles. The van der Waals surface area contributed by atoms with Gasteiger partial charge in [-0.15, -0.1) is 0 Å². The van der Waals surface area contributed by atoms with Gasteiger partial charge < -0.3 is 5.11 Å². The minimum atomic E-state index is -0.388. The average molecular weight is 250 g/mol. The SMILES string of the molecule is O=[N+]([O-])c1ccc(CN(CCO)C2CCC2)cc1. The topological polar surface area (TPSA) is 66.6 Å². The molecule has 0 heterocycles. The van der Waals surface area contributed by atoms with Gasteiger partial charge in [-0.1, -0.05) is 18.6 Å². The number of non-ortho nitro benzene ring substituents is 1. The Morgan fingerprint density at radius 1 is 1.33 bits per heavy atom. The Morgan fingerprint density at radius 2 is 2.00 bits per heavy atom. The van der Waals surface area contributed by atoms with Crippen LogP contribution in [-0.4, -0.2) is 34.1 Å². The first-order chi connectivity index (χ1) is 8.70. The lowest BCUT2D eigenvalue weighted by molar-refractivity contribution is -0.384. The summed E-state index contributed by atoms with van der Waals surface area (Å²) in [5.41, 5.74) is 1.18. The molecule has 5 nitrogen and oxygen atoms in total. The molecule has 2 rings (SSSR count). The Balaban J connectivity index is 1.99. The van der Waals surface area contributed by atoms with Gasteiger partial charge >= 0.3 is 0 Å². The Labute approximate surface area is 106 Å². The Morgan fingerprint density at radius 3 is 2.44 bits per heavy atom. The lowest BCUT2D eigenvalue weighted by atomic mass is 9.91. The summed E-state index contributed by atoms with van der Waals surface area (Å²) in [7, 11) is 0. The molecule has 1 N–H and O–H groups in total. The van der Waals surface area contributed by atoms with Gasteiger partial charge in [0.05, 0.1) is 11.5 Å². The number of aliphatic hydroxyl groups excluding tert-OH is 1. The summed E-state index contributed by atoms with van der Waals surface area (Å²) in [5.74, 6) is 0. The van der Waals surface area contributed by atoms with Crippen LogP contribution in [0, 0.1) is 10.1 Å². The van der Waals surface area contributed by atoms with Crippen LogP contribution in [0.2, 0.25) is 0 Å². The van der Waals surface area contributed by atoms with Gasteiger partial charge in [-0.2, -0.15) is 0 Å². The van der Waals surface area contributed by atoms with Gasteiger partial charge in [-0.05, 0) is 18.4 Å². The van der Waals surface area contributed by atoms with Crippen molar-refractivity contribution in [3.05, 3.63) is 39.9 Å². The smallest absolute Gasteiger partial charge is 0.269 e. The third kappa shape index (κ3) is 3.05. The molecule has 1 aromatic rings. The normalized spacial score (nSPS) is 15.7. The highest BCUT2D eigenvalue weighted by atomic mass is 16.6. The van der Waals surface area contributed by atoms with Crippen molar-refractivity contribution in [1.29, 1.82) is 0 Å². The van der Waals surface area contributed by atoms with Gasteiger partial charge in [0.1, 0.15) is 0 Å². The van der Waals surface area contributed by atoms with E-state index in [0.717, 1.165) is 12.1 Å². The fourth-order valence-corrected chi connectivity index (χ4v) is 2.23. The summed E-state index contributed by atoms with van der Waals surface area (Å²) >= 11 is 0. The van der Waals surface area contributed by atoms with Crippen molar-refractivity contribution in [2.24, 2.45) is 0 Å². The van der Waals surface area contributed by atoms with Crippen LogP contribution in [0.1, 0.15) is 24.8 Å². The van der Waals surface area contributed by atoms with Crippen molar-refractivity contribution in [1.82, 2.24) is 4.90 Å². The van der Waals surface area contributed by atoms with E-state index in [9.17, 15) is 10.1 Å². The molecular weight excluding hydrogens is 232 g/mol. The highest BCUT2D eigenvalue weighted by molar-refractivity contribution is 5.32. The summed E-state index contributed by atoms with van der Waals surface area (Å²) in [6.07, 6.45) is 3.63. The van der Waals surface area contributed by atoms with Gasteiger partial charge in [0.2, 0.25) is 0 Å². The van der Waals surface area contributed by atoms with E-state index in [1.165, 1.54) is 31.4 Å². The van der Waals surface area contributed by atoms with Crippen LogP contribution in [0.4, 0.5) is 5.69 Å². The number of hydrogen-bond donors (Lipinski definition) is 1. The second kappa shape index (κ2) is 5.93. The van der Waals surface area contributed by atoms with Crippen LogP contribution >= 0.6 is 0 Å². The minimum absolute atomic E-state index is 0.121. The average Bonchev–Trinajstić information content (AvgIpc) is 2.27. The van der Waals surface area contributed by atoms with Crippen LogP contribution < -0.4 is 0 Å².